The summed E-state index contributed by atoms with van der Waals surface area (Å²) in [6.45, 7) is 4.10. The van der Waals surface area contributed by atoms with Crippen molar-refractivity contribution in [1.29, 1.82) is 0 Å². The number of amides is 1. The van der Waals surface area contributed by atoms with Gasteiger partial charge in [-0.1, -0.05) is 0 Å². The van der Waals surface area contributed by atoms with Gasteiger partial charge in [0.25, 0.3) is 0 Å². The largest absolute Gasteiger partial charge is 0.346 e. The molecule has 3 N–H and O–H groups in total. The summed E-state index contributed by atoms with van der Waals surface area (Å²) in [5, 5.41) is 0.818. The Morgan fingerprint density at radius 2 is 2.17 bits per heavy atom. The Labute approximate surface area is 105 Å². The molecule has 1 heterocycles. The SMILES string of the molecule is CC(C)(Cn1ccc2cc(F)ccc21)C(=O)NN. The van der Waals surface area contributed by atoms with Crippen LogP contribution in [-0.2, 0) is 11.3 Å². The molecule has 0 atom stereocenters. The van der Waals surface area contributed by atoms with Crippen LogP contribution in [0.2, 0.25) is 0 Å². The van der Waals surface area contributed by atoms with Gasteiger partial charge in [0.2, 0.25) is 5.91 Å². The van der Waals surface area contributed by atoms with Crippen molar-refractivity contribution < 1.29 is 9.18 Å². The number of benzene rings is 1. The van der Waals surface area contributed by atoms with Crippen LogP contribution < -0.4 is 11.3 Å². The van der Waals surface area contributed by atoms with E-state index in [-0.39, 0.29) is 11.7 Å². The van der Waals surface area contributed by atoms with Gasteiger partial charge in [-0.05, 0) is 38.1 Å². The minimum absolute atomic E-state index is 0.230. The molecule has 2 rings (SSSR count). The van der Waals surface area contributed by atoms with E-state index in [0.29, 0.717) is 6.54 Å². The number of hydrogen-bond acceptors (Lipinski definition) is 2. The van der Waals surface area contributed by atoms with Crippen molar-refractivity contribution in [3.63, 3.8) is 0 Å². The normalized spacial score (nSPS) is 11.8. The standard InChI is InChI=1S/C13H16FN3O/c1-13(2,12(18)16-15)8-17-6-5-9-7-10(14)3-4-11(9)17/h3-7H,8,15H2,1-2H3,(H,16,18). The number of carbonyl (C=O) groups is 1. The van der Waals surface area contributed by atoms with E-state index in [0.717, 1.165) is 10.9 Å². The first-order valence-electron chi connectivity index (χ1n) is 5.69. The number of hydrogen-bond donors (Lipinski definition) is 2. The minimum atomic E-state index is -0.630. The van der Waals surface area contributed by atoms with Crippen molar-refractivity contribution in [2.24, 2.45) is 11.3 Å². The molecule has 1 aromatic heterocycles. The molecule has 0 unspecified atom stereocenters. The predicted molar refractivity (Wildman–Crippen MR) is 68.0 cm³/mol. The fourth-order valence-electron chi connectivity index (χ4n) is 2.00. The number of rotatable bonds is 3. The summed E-state index contributed by atoms with van der Waals surface area (Å²) < 4.78 is 15.0. The molecule has 0 saturated heterocycles. The van der Waals surface area contributed by atoms with Crippen molar-refractivity contribution in [3.05, 3.63) is 36.3 Å². The molecule has 0 aliphatic carbocycles. The zero-order valence-corrected chi connectivity index (χ0v) is 10.4. The fraction of sp³-hybridized carbons (Fsp3) is 0.308. The maximum Gasteiger partial charge on any atom is 0.241 e. The van der Waals surface area contributed by atoms with Crippen LogP contribution in [0.4, 0.5) is 4.39 Å². The Balaban J connectivity index is 2.35. The number of nitrogens with zero attached hydrogens (tertiary/aromatic N) is 1. The fourth-order valence-corrected chi connectivity index (χ4v) is 2.00. The monoisotopic (exact) mass is 249 g/mol. The highest BCUT2D eigenvalue weighted by Gasteiger charge is 2.27. The van der Waals surface area contributed by atoms with E-state index in [1.54, 1.807) is 6.07 Å². The van der Waals surface area contributed by atoms with Crippen LogP contribution in [0.5, 0.6) is 0 Å². The highest BCUT2D eigenvalue weighted by Crippen LogP contribution is 2.23. The van der Waals surface area contributed by atoms with Crippen LogP contribution in [0, 0.1) is 11.2 Å². The lowest BCUT2D eigenvalue weighted by Crippen LogP contribution is -2.43. The number of aromatic nitrogens is 1. The van der Waals surface area contributed by atoms with Gasteiger partial charge < -0.3 is 4.57 Å². The molecule has 0 spiro atoms. The zero-order valence-electron chi connectivity index (χ0n) is 10.4. The summed E-state index contributed by atoms with van der Waals surface area (Å²) >= 11 is 0. The van der Waals surface area contributed by atoms with Crippen LogP contribution >= 0.6 is 0 Å². The van der Waals surface area contributed by atoms with Crippen LogP contribution in [0.1, 0.15) is 13.8 Å². The molecule has 0 aliphatic heterocycles. The number of hydrazine groups is 1. The van der Waals surface area contributed by atoms with Crippen molar-refractivity contribution in [1.82, 2.24) is 9.99 Å². The molecule has 1 aromatic carbocycles. The Kier molecular flexibility index (Phi) is 3.09. The number of nitrogens with one attached hydrogen (secondary N) is 1. The first-order chi connectivity index (χ1) is 8.44. The van der Waals surface area contributed by atoms with E-state index < -0.39 is 5.41 Å². The Hall–Kier alpha value is -1.88. The molecule has 1 amide bonds. The summed E-state index contributed by atoms with van der Waals surface area (Å²) in [4.78, 5) is 11.6. The second kappa shape index (κ2) is 4.42. The lowest BCUT2D eigenvalue weighted by molar-refractivity contribution is -0.130. The molecule has 4 nitrogen and oxygen atoms in total. The first kappa shape index (κ1) is 12.6. The van der Waals surface area contributed by atoms with E-state index in [9.17, 15) is 9.18 Å². The highest BCUT2D eigenvalue weighted by atomic mass is 19.1. The Morgan fingerprint density at radius 3 is 2.83 bits per heavy atom. The van der Waals surface area contributed by atoms with Gasteiger partial charge in [-0.2, -0.15) is 0 Å². The molecule has 2 aromatic rings. The molecule has 0 saturated carbocycles. The summed E-state index contributed by atoms with van der Waals surface area (Å²) in [6.07, 6.45) is 1.84. The Morgan fingerprint density at radius 1 is 1.44 bits per heavy atom. The molecule has 0 bridgehead atoms. The Bertz CT molecular complexity index is 589. The van der Waals surface area contributed by atoms with Crippen LogP contribution in [0.3, 0.4) is 0 Å². The third-order valence-corrected chi connectivity index (χ3v) is 3.04. The van der Waals surface area contributed by atoms with Crippen LogP contribution in [-0.4, -0.2) is 10.5 Å². The zero-order chi connectivity index (χ0) is 13.3. The number of nitrogens with two attached hydrogens (primary N) is 1. The van der Waals surface area contributed by atoms with Gasteiger partial charge >= 0.3 is 0 Å². The van der Waals surface area contributed by atoms with Crippen LogP contribution in [0.25, 0.3) is 10.9 Å². The average molecular weight is 249 g/mol. The van der Waals surface area contributed by atoms with E-state index in [4.69, 9.17) is 5.84 Å². The van der Waals surface area contributed by atoms with Gasteiger partial charge in [-0.25, -0.2) is 10.2 Å². The molecule has 0 aliphatic rings. The van der Waals surface area contributed by atoms with Crippen molar-refractivity contribution in [2.75, 3.05) is 0 Å². The summed E-state index contributed by atoms with van der Waals surface area (Å²) in [5.41, 5.74) is 2.43. The first-order valence-corrected chi connectivity index (χ1v) is 5.69. The molecule has 0 radical (unpaired) electrons. The molecule has 96 valence electrons. The number of fused-ring (bicyclic) bond motifs is 1. The number of carbonyl (C=O) groups excluding carboxylic acids is 1. The molecular formula is C13H16FN3O. The average Bonchev–Trinajstić information content (AvgIpc) is 2.69. The molecule has 18 heavy (non-hydrogen) atoms. The molecular weight excluding hydrogens is 233 g/mol. The van der Waals surface area contributed by atoms with Gasteiger partial charge in [0, 0.05) is 23.6 Å². The third-order valence-electron chi connectivity index (χ3n) is 3.04. The lowest BCUT2D eigenvalue weighted by atomic mass is 9.92. The maximum absolute atomic E-state index is 13.1. The predicted octanol–water partition coefficient (Wildman–Crippen LogP) is 1.80. The lowest BCUT2D eigenvalue weighted by Gasteiger charge is -2.23. The second-order valence-electron chi connectivity index (χ2n) is 5.00. The van der Waals surface area contributed by atoms with Crippen molar-refractivity contribution >= 4 is 16.8 Å². The van der Waals surface area contributed by atoms with Gasteiger partial charge in [0.05, 0.1) is 5.41 Å². The van der Waals surface area contributed by atoms with Gasteiger partial charge in [-0.3, -0.25) is 10.2 Å². The smallest absolute Gasteiger partial charge is 0.241 e. The quantitative estimate of drug-likeness (QED) is 0.495. The summed E-state index contributed by atoms with van der Waals surface area (Å²) in [5.74, 6) is 4.67. The number of halogens is 1. The maximum atomic E-state index is 13.1. The van der Waals surface area contributed by atoms with Gasteiger partial charge in [-0.15, -0.1) is 0 Å². The van der Waals surface area contributed by atoms with Crippen LogP contribution in [0.15, 0.2) is 30.5 Å². The van der Waals surface area contributed by atoms with Crippen molar-refractivity contribution in [3.8, 4) is 0 Å². The van der Waals surface area contributed by atoms with Gasteiger partial charge in [0.15, 0.2) is 0 Å². The summed E-state index contributed by atoms with van der Waals surface area (Å²) in [7, 11) is 0. The third kappa shape index (κ3) is 2.22. The van der Waals surface area contributed by atoms with E-state index in [2.05, 4.69) is 5.43 Å². The topological polar surface area (TPSA) is 60.0 Å². The van der Waals surface area contributed by atoms with E-state index >= 15 is 0 Å². The second-order valence-corrected chi connectivity index (χ2v) is 5.00. The summed E-state index contributed by atoms with van der Waals surface area (Å²) in [6, 6.07) is 6.42. The highest BCUT2D eigenvalue weighted by molar-refractivity contribution is 5.82. The van der Waals surface area contributed by atoms with E-state index in [1.165, 1.54) is 12.1 Å². The minimum Gasteiger partial charge on any atom is -0.346 e. The molecule has 5 heteroatoms. The van der Waals surface area contributed by atoms with Gasteiger partial charge in [0.1, 0.15) is 5.82 Å². The van der Waals surface area contributed by atoms with Crippen molar-refractivity contribution in [2.45, 2.75) is 20.4 Å². The van der Waals surface area contributed by atoms with E-state index in [1.807, 2.05) is 30.7 Å². The molecule has 0 fully saturated rings.